The zero-order valence-electron chi connectivity index (χ0n) is 30.4. The molecule has 0 unspecified atom stereocenters. The quantitative estimate of drug-likeness (QED) is 0.0751. The third kappa shape index (κ3) is 12.2. The van der Waals surface area contributed by atoms with E-state index in [1.165, 1.54) is 5.56 Å². The van der Waals surface area contributed by atoms with Crippen LogP contribution >= 0.6 is 0 Å². The molecule has 6 heteroatoms. The molecule has 4 atom stereocenters. The normalized spacial score (nSPS) is 19.4. The maximum absolute atomic E-state index is 16.7. The van der Waals surface area contributed by atoms with Crippen LogP contribution in [-0.4, -0.2) is 31.0 Å². The van der Waals surface area contributed by atoms with Crippen LogP contribution in [0.15, 0.2) is 163 Å². The van der Waals surface area contributed by atoms with Crippen molar-refractivity contribution in [1.82, 2.24) is 0 Å². The lowest BCUT2D eigenvalue weighted by Gasteiger charge is -2.43. The van der Waals surface area contributed by atoms with E-state index in [2.05, 4.69) is 24.3 Å². The lowest BCUT2D eigenvalue weighted by Crippen LogP contribution is -2.56. The van der Waals surface area contributed by atoms with Gasteiger partial charge in [-0.25, -0.2) is 4.39 Å². The summed E-state index contributed by atoms with van der Waals surface area (Å²) in [4.78, 5) is 0. The first-order valence-electron chi connectivity index (χ1n) is 18.9. The van der Waals surface area contributed by atoms with E-state index in [1.54, 1.807) is 0 Å². The number of unbranched alkanes of at least 4 members (excludes halogenated alkanes) is 3. The van der Waals surface area contributed by atoms with Gasteiger partial charge in [0.2, 0.25) is 0 Å². The van der Waals surface area contributed by atoms with Crippen LogP contribution < -0.4 is 0 Å². The van der Waals surface area contributed by atoms with Gasteiger partial charge in [0.1, 0.15) is 24.1 Å². The highest BCUT2D eigenvalue weighted by Crippen LogP contribution is 2.36. The first-order chi connectivity index (χ1) is 26.2. The van der Waals surface area contributed by atoms with Gasteiger partial charge in [-0.15, -0.1) is 0 Å². The van der Waals surface area contributed by atoms with Gasteiger partial charge in [0.25, 0.3) is 0 Å². The van der Waals surface area contributed by atoms with Crippen molar-refractivity contribution in [2.24, 2.45) is 0 Å². The third-order valence-electron chi connectivity index (χ3n) is 9.48. The van der Waals surface area contributed by atoms with E-state index in [0.29, 0.717) is 26.2 Å². The minimum Gasteiger partial charge on any atom is -0.484 e. The second-order valence-corrected chi connectivity index (χ2v) is 13.6. The predicted octanol–water partition coefficient (Wildman–Crippen LogP) is 10.7. The Bertz CT molecular complexity index is 1750. The lowest BCUT2D eigenvalue weighted by atomic mass is 9.95. The molecule has 0 bridgehead atoms. The number of halogens is 1. The maximum Gasteiger partial charge on any atom is 0.160 e. The van der Waals surface area contributed by atoms with Crippen molar-refractivity contribution in [1.29, 1.82) is 0 Å². The molecule has 1 aliphatic rings. The first kappa shape index (κ1) is 38.1. The Kier molecular flexibility index (Phi) is 15.3. The topological polar surface area (TPSA) is 46.2 Å². The maximum atomic E-state index is 16.7. The zero-order valence-corrected chi connectivity index (χ0v) is 30.4. The van der Waals surface area contributed by atoms with Gasteiger partial charge in [0.05, 0.1) is 33.0 Å². The second kappa shape index (κ2) is 21.2. The second-order valence-electron chi connectivity index (χ2n) is 13.6. The number of allylic oxidation sites excluding steroid dienone is 1. The molecule has 1 fully saturated rings. The standard InChI is InChI=1S/C47H51FO5/c48-42(31-19-2-1-8-20-37-21-9-3-10-22-37)44-46(51-34-40-27-15-6-16-28-40)47(52-35-41-29-17-7-18-30-41)45(50-33-39-25-13-5-14-26-39)43(53-44)36-49-32-38-23-11-4-12-24-38/h3-7,9-18,21-30,43,45-47H,1-2,8,19-20,31-36H2/b44-42-/t43-,45+,46+,47+/m1/s1. The molecule has 0 aliphatic carbocycles. The van der Waals surface area contributed by atoms with E-state index >= 15 is 4.39 Å². The Balaban J connectivity index is 1.25. The van der Waals surface area contributed by atoms with Crippen molar-refractivity contribution in [2.45, 2.75) is 89.4 Å². The number of aryl methyl sites for hydroxylation is 1. The van der Waals surface area contributed by atoms with Crippen molar-refractivity contribution in [3.8, 4) is 0 Å². The number of ether oxygens (including phenoxy) is 5. The van der Waals surface area contributed by atoms with E-state index in [9.17, 15) is 0 Å². The van der Waals surface area contributed by atoms with Crippen molar-refractivity contribution in [2.75, 3.05) is 6.61 Å². The Labute approximate surface area is 314 Å². The summed E-state index contributed by atoms with van der Waals surface area (Å²) < 4.78 is 49.7. The number of benzene rings is 5. The Hall–Kier alpha value is -4.59. The van der Waals surface area contributed by atoms with Gasteiger partial charge in [-0.3, -0.25) is 0 Å². The largest absolute Gasteiger partial charge is 0.484 e. The molecule has 53 heavy (non-hydrogen) atoms. The minimum atomic E-state index is -0.844. The van der Waals surface area contributed by atoms with Crippen molar-refractivity contribution < 1.29 is 28.1 Å². The fourth-order valence-corrected chi connectivity index (χ4v) is 6.62. The molecule has 0 spiro atoms. The molecule has 0 aromatic heterocycles. The van der Waals surface area contributed by atoms with Crippen molar-refractivity contribution in [3.63, 3.8) is 0 Å². The monoisotopic (exact) mass is 714 g/mol. The number of hydrogen-bond acceptors (Lipinski definition) is 5. The molecule has 5 nitrogen and oxygen atoms in total. The molecule has 5 aromatic rings. The fraction of sp³-hybridized carbons (Fsp3) is 0.319. The van der Waals surface area contributed by atoms with Gasteiger partial charge in [-0.05, 0) is 47.1 Å². The average molecular weight is 715 g/mol. The highest BCUT2D eigenvalue weighted by atomic mass is 19.1. The van der Waals surface area contributed by atoms with Crippen LogP contribution in [0.3, 0.4) is 0 Å². The summed E-state index contributed by atoms with van der Waals surface area (Å²) >= 11 is 0. The number of hydrogen-bond donors (Lipinski definition) is 0. The van der Waals surface area contributed by atoms with Crippen LogP contribution in [0.4, 0.5) is 4.39 Å². The van der Waals surface area contributed by atoms with Gasteiger partial charge in [0.15, 0.2) is 11.9 Å². The summed E-state index contributed by atoms with van der Waals surface area (Å²) in [5.41, 5.74) is 5.37. The van der Waals surface area contributed by atoms with Crippen LogP contribution in [0, 0.1) is 0 Å². The molecule has 5 aromatic carbocycles. The smallest absolute Gasteiger partial charge is 0.160 e. The molecule has 276 valence electrons. The summed E-state index contributed by atoms with van der Waals surface area (Å²) in [6, 6.07) is 50.4. The van der Waals surface area contributed by atoms with Crippen LogP contribution in [0.2, 0.25) is 0 Å². The SMILES string of the molecule is F/C(CCCCCCc1ccccc1)=C1\O[C@H](COCc2ccccc2)[C@H](OCc2ccccc2)[C@H](OCc2ccccc2)[C@H]1OCc1ccccc1. The average Bonchev–Trinajstić information content (AvgIpc) is 3.22. The van der Waals surface area contributed by atoms with Crippen LogP contribution in [0.5, 0.6) is 0 Å². The molecule has 0 N–H and O–H groups in total. The van der Waals surface area contributed by atoms with E-state index in [4.69, 9.17) is 23.7 Å². The van der Waals surface area contributed by atoms with Crippen LogP contribution in [0.1, 0.15) is 59.9 Å². The highest BCUT2D eigenvalue weighted by molar-refractivity contribution is 5.20. The van der Waals surface area contributed by atoms with Crippen LogP contribution in [0.25, 0.3) is 0 Å². The number of rotatable bonds is 20. The first-order valence-corrected chi connectivity index (χ1v) is 18.9. The molecule has 0 saturated carbocycles. The fourth-order valence-electron chi connectivity index (χ4n) is 6.62. The molecule has 1 aliphatic heterocycles. The summed E-state index contributed by atoms with van der Waals surface area (Å²) in [5, 5.41) is 0. The zero-order chi connectivity index (χ0) is 36.3. The Morgan fingerprint density at radius 2 is 0.906 bits per heavy atom. The lowest BCUT2D eigenvalue weighted by molar-refractivity contribution is -0.224. The Morgan fingerprint density at radius 1 is 0.472 bits per heavy atom. The molecule has 0 radical (unpaired) electrons. The van der Waals surface area contributed by atoms with E-state index < -0.39 is 24.4 Å². The molecule has 1 heterocycles. The van der Waals surface area contributed by atoms with E-state index in [-0.39, 0.29) is 31.2 Å². The summed E-state index contributed by atoms with van der Waals surface area (Å²) in [6.45, 7) is 1.46. The summed E-state index contributed by atoms with van der Waals surface area (Å²) in [7, 11) is 0. The molecule has 0 amide bonds. The van der Waals surface area contributed by atoms with E-state index in [1.807, 2.05) is 127 Å². The molecular formula is C47H51FO5. The minimum absolute atomic E-state index is 0.177. The van der Waals surface area contributed by atoms with Gasteiger partial charge < -0.3 is 23.7 Å². The van der Waals surface area contributed by atoms with Gasteiger partial charge in [-0.2, -0.15) is 0 Å². The van der Waals surface area contributed by atoms with Gasteiger partial charge in [-0.1, -0.05) is 165 Å². The molecular weight excluding hydrogens is 664 g/mol. The Morgan fingerprint density at radius 3 is 1.43 bits per heavy atom. The summed E-state index contributed by atoms with van der Waals surface area (Å²) in [5.74, 6) is -0.134. The van der Waals surface area contributed by atoms with Crippen molar-refractivity contribution >= 4 is 0 Å². The third-order valence-corrected chi connectivity index (χ3v) is 9.48. The van der Waals surface area contributed by atoms with Crippen LogP contribution in [-0.2, 0) is 56.5 Å². The van der Waals surface area contributed by atoms with Crippen molar-refractivity contribution in [3.05, 3.63) is 191 Å². The molecule has 1 saturated heterocycles. The van der Waals surface area contributed by atoms with E-state index in [0.717, 1.165) is 47.9 Å². The van der Waals surface area contributed by atoms with Gasteiger partial charge >= 0.3 is 0 Å². The highest BCUT2D eigenvalue weighted by Gasteiger charge is 2.48. The van der Waals surface area contributed by atoms with Gasteiger partial charge in [0, 0.05) is 6.42 Å². The predicted molar refractivity (Wildman–Crippen MR) is 207 cm³/mol. The summed E-state index contributed by atoms with van der Waals surface area (Å²) in [6.07, 6.45) is 2.20. The molecule has 6 rings (SSSR count).